The van der Waals surface area contributed by atoms with E-state index in [2.05, 4.69) is 10.3 Å². The molecule has 18 heavy (non-hydrogen) atoms. The molecule has 5 heteroatoms. The van der Waals surface area contributed by atoms with Crippen molar-refractivity contribution in [1.29, 1.82) is 0 Å². The summed E-state index contributed by atoms with van der Waals surface area (Å²) in [6.45, 7) is 0.698. The Balaban J connectivity index is 1.74. The van der Waals surface area contributed by atoms with E-state index in [1.54, 1.807) is 12.4 Å². The van der Waals surface area contributed by atoms with E-state index in [4.69, 9.17) is 0 Å². The maximum Gasteiger partial charge on any atom is 0.391 e. The first-order chi connectivity index (χ1) is 8.55. The van der Waals surface area contributed by atoms with Gasteiger partial charge in [-0.1, -0.05) is 0 Å². The van der Waals surface area contributed by atoms with Crippen LogP contribution in [0.1, 0.15) is 31.2 Å². The third-order valence-corrected chi connectivity index (χ3v) is 3.53. The van der Waals surface area contributed by atoms with E-state index in [-0.39, 0.29) is 18.9 Å². The summed E-state index contributed by atoms with van der Waals surface area (Å²) in [6.07, 6.45) is 1.13. The summed E-state index contributed by atoms with van der Waals surface area (Å²) >= 11 is 0. The average molecular weight is 258 g/mol. The largest absolute Gasteiger partial charge is 0.391 e. The molecule has 1 aliphatic rings. The van der Waals surface area contributed by atoms with Crippen LogP contribution in [0.15, 0.2) is 24.5 Å². The maximum absolute atomic E-state index is 12.5. The molecule has 1 N–H and O–H groups in total. The maximum atomic E-state index is 12.5. The van der Waals surface area contributed by atoms with Gasteiger partial charge in [-0.3, -0.25) is 4.98 Å². The molecule has 100 valence electrons. The van der Waals surface area contributed by atoms with Crippen LogP contribution in [0.4, 0.5) is 13.2 Å². The Morgan fingerprint density at radius 2 is 1.72 bits per heavy atom. The lowest BCUT2D eigenvalue weighted by Gasteiger charge is -2.30. The van der Waals surface area contributed by atoms with Gasteiger partial charge in [0.25, 0.3) is 0 Å². The molecule has 0 aliphatic heterocycles. The summed E-state index contributed by atoms with van der Waals surface area (Å²) in [5.74, 6) is -1.10. The van der Waals surface area contributed by atoms with E-state index in [9.17, 15) is 13.2 Å². The lowest BCUT2D eigenvalue weighted by atomic mass is 9.85. The van der Waals surface area contributed by atoms with Gasteiger partial charge in [0.1, 0.15) is 0 Å². The van der Waals surface area contributed by atoms with Crippen molar-refractivity contribution in [2.45, 2.75) is 44.4 Å². The monoisotopic (exact) mass is 258 g/mol. The number of hydrogen-bond donors (Lipinski definition) is 1. The zero-order chi connectivity index (χ0) is 13.0. The van der Waals surface area contributed by atoms with Crippen molar-refractivity contribution < 1.29 is 13.2 Å². The van der Waals surface area contributed by atoms with Crippen LogP contribution in [-0.2, 0) is 6.54 Å². The number of nitrogens with one attached hydrogen (secondary N) is 1. The Kier molecular flexibility index (Phi) is 4.22. The summed E-state index contributed by atoms with van der Waals surface area (Å²) in [5, 5.41) is 3.31. The van der Waals surface area contributed by atoms with E-state index in [1.807, 2.05) is 12.1 Å². The van der Waals surface area contributed by atoms with Crippen LogP contribution in [0.5, 0.6) is 0 Å². The molecule has 1 aliphatic carbocycles. The summed E-state index contributed by atoms with van der Waals surface area (Å²) in [7, 11) is 0. The van der Waals surface area contributed by atoms with Gasteiger partial charge in [0.15, 0.2) is 0 Å². The SMILES string of the molecule is FC(F)(F)C1CCC(NCc2ccncc2)CC1. The Morgan fingerprint density at radius 3 is 2.28 bits per heavy atom. The van der Waals surface area contributed by atoms with E-state index in [1.165, 1.54) is 0 Å². The lowest BCUT2D eigenvalue weighted by Crippen LogP contribution is -2.36. The number of alkyl halides is 3. The quantitative estimate of drug-likeness (QED) is 0.899. The van der Waals surface area contributed by atoms with Crippen molar-refractivity contribution in [3.05, 3.63) is 30.1 Å². The molecule has 1 aromatic heterocycles. The van der Waals surface area contributed by atoms with Crippen LogP contribution in [0.2, 0.25) is 0 Å². The smallest absolute Gasteiger partial charge is 0.310 e. The van der Waals surface area contributed by atoms with Gasteiger partial charge in [0.2, 0.25) is 0 Å². The van der Waals surface area contributed by atoms with Crippen molar-refractivity contribution in [1.82, 2.24) is 10.3 Å². The van der Waals surface area contributed by atoms with Gasteiger partial charge < -0.3 is 5.32 Å². The second-order valence-electron chi connectivity index (χ2n) is 4.83. The van der Waals surface area contributed by atoms with E-state index >= 15 is 0 Å². The Morgan fingerprint density at radius 1 is 1.11 bits per heavy atom. The number of nitrogens with zero attached hydrogens (tertiary/aromatic N) is 1. The van der Waals surface area contributed by atoms with Crippen LogP contribution >= 0.6 is 0 Å². The van der Waals surface area contributed by atoms with Gasteiger partial charge in [-0.15, -0.1) is 0 Å². The zero-order valence-electron chi connectivity index (χ0n) is 10.1. The molecule has 0 atom stereocenters. The molecular weight excluding hydrogens is 241 g/mol. The van der Waals surface area contributed by atoms with E-state index < -0.39 is 12.1 Å². The second-order valence-corrected chi connectivity index (χ2v) is 4.83. The highest BCUT2D eigenvalue weighted by Gasteiger charge is 2.41. The fourth-order valence-corrected chi connectivity index (χ4v) is 2.39. The summed E-state index contributed by atoms with van der Waals surface area (Å²) in [4.78, 5) is 3.92. The van der Waals surface area contributed by atoms with E-state index in [0.29, 0.717) is 19.4 Å². The predicted molar refractivity (Wildman–Crippen MR) is 62.9 cm³/mol. The number of hydrogen-bond acceptors (Lipinski definition) is 2. The third-order valence-electron chi connectivity index (χ3n) is 3.53. The van der Waals surface area contributed by atoms with Crippen molar-refractivity contribution >= 4 is 0 Å². The van der Waals surface area contributed by atoms with Gasteiger partial charge in [-0.25, -0.2) is 0 Å². The molecule has 0 spiro atoms. The number of aromatic nitrogens is 1. The molecule has 0 radical (unpaired) electrons. The number of pyridine rings is 1. The molecule has 2 rings (SSSR count). The predicted octanol–water partition coefficient (Wildman–Crippen LogP) is 3.29. The van der Waals surface area contributed by atoms with Crippen LogP contribution in [-0.4, -0.2) is 17.2 Å². The van der Waals surface area contributed by atoms with Crippen molar-refractivity contribution in [3.8, 4) is 0 Å². The lowest BCUT2D eigenvalue weighted by molar-refractivity contribution is -0.182. The van der Waals surface area contributed by atoms with Crippen LogP contribution in [0.25, 0.3) is 0 Å². The van der Waals surface area contributed by atoms with Crippen LogP contribution in [0, 0.1) is 5.92 Å². The van der Waals surface area contributed by atoms with Gasteiger partial charge in [0.05, 0.1) is 5.92 Å². The Labute approximate surface area is 105 Å². The van der Waals surface area contributed by atoms with Crippen molar-refractivity contribution in [3.63, 3.8) is 0 Å². The standard InChI is InChI=1S/C13H17F3N2/c14-13(15,16)11-1-3-12(4-2-11)18-9-10-5-7-17-8-6-10/h5-8,11-12,18H,1-4,9H2. The first-order valence-electron chi connectivity index (χ1n) is 6.24. The third kappa shape index (κ3) is 3.70. The summed E-state index contributed by atoms with van der Waals surface area (Å²) in [5.41, 5.74) is 1.11. The molecule has 0 saturated heterocycles. The topological polar surface area (TPSA) is 24.9 Å². The Hall–Kier alpha value is -1.10. The van der Waals surface area contributed by atoms with E-state index in [0.717, 1.165) is 5.56 Å². The highest BCUT2D eigenvalue weighted by molar-refractivity contribution is 5.09. The molecule has 2 nitrogen and oxygen atoms in total. The molecule has 1 fully saturated rings. The molecule has 1 heterocycles. The molecule has 0 bridgehead atoms. The van der Waals surface area contributed by atoms with Gasteiger partial charge in [-0.05, 0) is 43.4 Å². The second kappa shape index (κ2) is 5.69. The minimum absolute atomic E-state index is 0.205. The molecule has 0 amide bonds. The molecule has 1 saturated carbocycles. The van der Waals surface area contributed by atoms with Gasteiger partial charge >= 0.3 is 6.18 Å². The van der Waals surface area contributed by atoms with Crippen molar-refractivity contribution in [2.24, 2.45) is 5.92 Å². The fraction of sp³-hybridized carbons (Fsp3) is 0.615. The molecule has 0 unspecified atom stereocenters. The highest BCUT2D eigenvalue weighted by atomic mass is 19.4. The number of rotatable bonds is 3. The Bertz CT molecular complexity index is 356. The first kappa shape index (κ1) is 13.3. The minimum Gasteiger partial charge on any atom is -0.310 e. The van der Waals surface area contributed by atoms with Gasteiger partial charge in [0, 0.05) is 25.0 Å². The summed E-state index contributed by atoms with van der Waals surface area (Å²) in [6, 6.07) is 4.03. The molecule has 0 aromatic carbocycles. The van der Waals surface area contributed by atoms with Crippen LogP contribution < -0.4 is 5.32 Å². The average Bonchev–Trinajstić information content (AvgIpc) is 2.37. The normalized spacial score (nSPS) is 25.1. The summed E-state index contributed by atoms with van der Waals surface area (Å²) < 4.78 is 37.5. The van der Waals surface area contributed by atoms with Crippen LogP contribution in [0.3, 0.4) is 0 Å². The number of halogens is 3. The highest BCUT2D eigenvalue weighted by Crippen LogP contribution is 2.37. The fourth-order valence-electron chi connectivity index (χ4n) is 2.39. The first-order valence-corrected chi connectivity index (χ1v) is 6.24. The van der Waals surface area contributed by atoms with Gasteiger partial charge in [-0.2, -0.15) is 13.2 Å². The van der Waals surface area contributed by atoms with Crippen molar-refractivity contribution in [2.75, 3.05) is 0 Å². The molecular formula is C13H17F3N2. The molecule has 1 aromatic rings. The minimum atomic E-state index is -4.02. The zero-order valence-corrected chi connectivity index (χ0v) is 10.1.